The number of furan rings is 1. The second kappa shape index (κ2) is 9.59. The molecule has 0 bridgehead atoms. The van der Waals surface area contributed by atoms with Gasteiger partial charge in [0.05, 0.1) is 24.1 Å². The molecule has 3 aromatic rings. The quantitative estimate of drug-likeness (QED) is 0.595. The molecule has 1 aliphatic rings. The van der Waals surface area contributed by atoms with Gasteiger partial charge in [0.2, 0.25) is 0 Å². The molecule has 6 heteroatoms. The summed E-state index contributed by atoms with van der Waals surface area (Å²) in [5.74, 6) is 1.33. The molecule has 0 spiro atoms. The predicted octanol–water partition coefficient (Wildman–Crippen LogP) is 3.99. The number of amides is 1. The molecule has 0 aliphatic carbocycles. The molecule has 30 heavy (non-hydrogen) atoms. The third kappa shape index (κ3) is 5.07. The summed E-state index contributed by atoms with van der Waals surface area (Å²) in [7, 11) is 1.78. The molecule has 1 aromatic carbocycles. The van der Waals surface area contributed by atoms with Crippen LogP contribution >= 0.6 is 0 Å². The van der Waals surface area contributed by atoms with Crippen LogP contribution in [0, 0.1) is 0 Å². The second-order valence-corrected chi connectivity index (χ2v) is 7.65. The Morgan fingerprint density at radius 2 is 1.93 bits per heavy atom. The minimum Gasteiger partial charge on any atom is -0.489 e. The van der Waals surface area contributed by atoms with Crippen LogP contribution in [0.5, 0.6) is 5.75 Å². The summed E-state index contributed by atoms with van der Waals surface area (Å²) >= 11 is 0. The molecule has 1 saturated heterocycles. The van der Waals surface area contributed by atoms with Gasteiger partial charge in [0.25, 0.3) is 5.91 Å². The lowest BCUT2D eigenvalue weighted by Gasteiger charge is -2.32. The van der Waals surface area contributed by atoms with Gasteiger partial charge in [-0.1, -0.05) is 18.2 Å². The number of ether oxygens (including phenoxy) is 1. The number of pyridine rings is 1. The number of hydrogen-bond acceptors (Lipinski definition) is 5. The van der Waals surface area contributed by atoms with E-state index in [1.807, 2.05) is 54.7 Å². The smallest absolute Gasteiger partial charge is 0.257 e. The van der Waals surface area contributed by atoms with E-state index in [2.05, 4.69) is 16.0 Å². The number of hydrogen-bond donors (Lipinski definition) is 0. The number of aromatic nitrogens is 1. The van der Waals surface area contributed by atoms with Gasteiger partial charge in [-0.15, -0.1) is 0 Å². The van der Waals surface area contributed by atoms with E-state index in [0.29, 0.717) is 17.9 Å². The number of nitrogens with zero attached hydrogens (tertiary/aromatic N) is 3. The zero-order valence-electron chi connectivity index (χ0n) is 17.2. The minimum atomic E-state index is -0.0745. The highest BCUT2D eigenvalue weighted by Gasteiger charge is 2.24. The van der Waals surface area contributed by atoms with Crippen LogP contribution in [0.25, 0.3) is 0 Å². The molecule has 3 heterocycles. The van der Waals surface area contributed by atoms with Gasteiger partial charge in [-0.3, -0.25) is 14.7 Å². The predicted molar refractivity (Wildman–Crippen MR) is 114 cm³/mol. The number of likely N-dealkylation sites (tertiary alicyclic amines) is 1. The molecule has 6 nitrogen and oxygen atoms in total. The van der Waals surface area contributed by atoms with E-state index in [-0.39, 0.29) is 12.0 Å². The van der Waals surface area contributed by atoms with Crippen LogP contribution in [0.2, 0.25) is 0 Å². The van der Waals surface area contributed by atoms with Crippen molar-refractivity contribution in [2.24, 2.45) is 0 Å². The first-order valence-corrected chi connectivity index (χ1v) is 10.3. The van der Waals surface area contributed by atoms with Crippen LogP contribution < -0.4 is 4.74 Å². The van der Waals surface area contributed by atoms with Crippen LogP contribution in [0.15, 0.2) is 71.5 Å². The van der Waals surface area contributed by atoms with Gasteiger partial charge in [0.1, 0.15) is 17.6 Å². The van der Waals surface area contributed by atoms with E-state index >= 15 is 0 Å². The standard InChI is InChI=1S/C24H27N3O3/c1-26(18-21-8-6-16-29-21)24(28)22-9-2-3-10-23(22)30-20-11-14-27(15-12-20)17-19-7-4-5-13-25-19/h2-10,13,16,20H,11-12,14-15,17-18H2,1H3. The van der Waals surface area contributed by atoms with Crippen molar-refractivity contribution >= 4 is 5.91 Å². The maximum Gasteiger partial charge on any atom is 0.257 e. The highest BCUT2D eigenvalue weighted by molar-refractivity contribution is 5.96. The van der Waals surface area contributed by atoms with Gasteiger partial charge in [0, 0.05) is 32.9 Å². The van der Waals surface area contributed by atoms with Crippen LogP contribution in [-0.4, -0.2) is 46.9 Å². The van der Waals surface area contributed by atoms with Gasteiger partial charge < -0.3 is 14.1 Å². The highest BCUT2D eigenvalue weighted by atomic mass is 16.5. The Morgan fingerprint density at radius 1 is 1.13 bits per heavy atom. The molecule has 0 unspecified atom stereocenters. The minimum absolute atomic E-state index is 0.0745. The van der Waals surface area contributed by atoms with E-state index in [9.17, 15) is 4.79 Å². The number of benzene rings is 1. The summed E-state index contributed by atoms with van der Waals surface area (Å²) in [5, 5.41) is 0. The summed E-state index contributed by atoms with van der Waals surface area (Å²) in [4.78, 5) is 21.4. The maximum absolute atomic E-state index is 13.0. The Labute approximate surface area is 177 Å². The summed E-state index contributed by atoms with van der Waals surface area (Å²) in [6, 6.07) is 17.2. The average molecular weight is 405 g/mol. The van der Waals surface area contributed by atoms with Crippen molar-refractivity contribution in [3.8, 4) is 5.75 Å². The van der Waals surface area contributed by atoms with E-state index in [4.69, 9.17) is 9.15 Å². The number of carbonyl (C=O) groups excluding carboxylic acids is 1. The number of para-hydroxylation sites is 1. The molecule has 1 amide bonds. The Hall–Kier alpha value is -3.12. The van der Waals surface area contributed by atoms with Crippen molar-refractivity contribution in [2.75, 3.05) is 20.1 Å². The van der Waals surface area contributed by atoms with E-state index in [1.54, 1.807) is 18.2 Å². The van der Waals surface area contributed by atoms with Crippen molar-refractivity contribution in [3.05, 3.63) is 84.1 Å². The van der Waals surface area contributed by atoms with Crippen molar-refractivity contribution in [2.45, 2.75) is 32.0 Å². The molecular weight excluding hydrogens is 378 g/mol. The van der Waals surface area contributed by atoms with E-state index in [1.165, 1.54) is 0 Å². The van der Waals surface area contributed by atoms with Crippen LogP contribution in [-0.2, 0) is 13.1 Å². The SMILES string of the molecule is CN(Cc1ccco1)C(=O)c1ccccc1OC1CCN(Cc2ccccn2)CC1. The Morgan fingerprint density at radius 3 is 2.67 bits per heavy atom. The normalized spacial score (nSPS) is 15.1. The molecule has 1 aliphatic heterocycles. The fraction of sp³-hybridized carbons (Fsp3) is 0.333. The van der Waals surface area contributed by atoms with E-state index in [0.717, 1.165) is 43.9 Å². The van der Waals surface area contributed by atoms with Gasteiger partial charge in [-0.25, -0.2) is 0 Å². The van der Waals surface area contributed by atoms with Crippen molar-refractivity contribution in [1.82, 2.24) is 14.8 Å². The Kier molecular flexibility index (Phi) is 6.44. The molecule has 156 valence electrons. The van der Waals surface area contributed by atoms with Gasteiger partial charge >= 0.3 is 0 Å². The lowest BCUT2D eigenvalue weighted by molar-refractivity contribution is 0.0748. The van der Waals surface area contributed by atoms with E-state index < -0.39 is 0 Å². The lowest BCUT2D eigenvalue weighted by atomic mass is 10.1. The first kappa shape index (κ1) is 20.2. The van der Waals surface area contributed by atoms with Gasteiger partial charge in [-0.2, -0.15) is 0 Å². The van der Waals surface area contributed by atoms with Crippen LogP contribution in [0.1, 0.15) is 34.7 Å². The van der Waals surface area contributed by atoms with Crippen molar-refractivity contribution in [3.63, 3.8) is 0 Å². The summed E-state index contributed by atoms with van der Waals surface area (Å²) < 4.78 is 11.6. The lowest BCUT2D eigenvalue weighted by Crippen LogP contribution is -2.38. The topological polar surface area (TPSA) is 58.8 Å². The monoisotopic (exact) mass is 405 g/mol. The average Bonchev–Trinajstić information content (AvgIpc) is 3.29. The maximum atomic E-state index is 13.0. The number of carbonyl (C=O) groups is 1. The first-order chi connectivity index (χ1) is 14.7. The zero-order chi connectivity index (χ0) is 20.8. The Bertz CT molecular complexity index is 935. The van der Waals surface area contributed by atoms with Crippen molar-refractivity contribution in [1.29, 1.82) is 0 Å². The Balaban J connectivity index is 1.34. The molecular formula is C24H27N3O3. The molecule has 1 fully saturated rings. The summed E-state index contributed by atoms with van der Waals surface area (Å²) in [6.45, 7) is 3.19. The molecule has 2 aromatic heterocycles. The summed E-state index contributed by atoms with van der Waals surface area (Å²) in [5.41, 5.74) is 1.68. The summed E-state index contributed by atoms with van der Waals surface area (Å²) in [6.07, 6.45) is 5.41. The molecule has 0 radical (unpaired) electrons. The fourth-order valence-corrected chi connectivity index (χ4v) is 3.75. The zero-order valence-corrected chi connectivity index (χ0v) is 17.2. The van der Waals surface area contributed by atoms with Crippen LogP contribution in [0.4, 0.5) is 0 Å². The number of rotatable bonds is 7. The third-order valence-electron chi connectivity index (χ3n) is 5.38. The largest absolute Gasteiger partial charge is 0.489 e. The molecule has 0 saturated carbocycles. The first-order valence-electron chi connectivity index (χ1n) is 10.3. The molecule has 0 atom stereocenters. The van der Waals surface area contributed by atoms with Gasteiger partial charge in [-0.05, 0) is 49.2 Å². The number of piperidine rings is 1. The van der Waals surface area contributed by atoms with Crippen LogP contribution in [0.3, 0.4) is 0 Å². The highest BCUT2D eigenvalue weighted by Crippen LogP contribution is 2.25. The molecule has 0 N–H and O–H groups in total. The fourth-order valence-electron chi connectivity index (χ4n) is 3.75. The second-order valence-electron chi connectivity index (χ2n) is 7.65. The molecule has 4 rings (SSSR count). The van der Waals surface area contributed by atoms with Crippen molar-refractivity contribution < 1.29 is 13.9 Å². The third-order valence-corrected chi connectivity index (χ3v) is 5.38. The van der Waals surface area contributed by atoms with Gasteiger partial charge in [0.15, 0.2) is 0 Å².